The van der Waals surface area contributed by atoms with Crippen LogP contribution >= 0.6 is 0 Å². The number of aliphatic imine (C=N–C) groups is 1. The van der Waals surface area contributed by atoms with E-state index in [0.717, 1.165) is 29.6 Å². The normalized spacial score (nSPS) is 12.6. The van der Waals surface area contributed by atoms with E-state index in [1.54, 1.807) is 21.3 Å². The first kappa shape index (κ1) is 21.6. The van der Waals surface area contributed by atoms with Crippen LogP contribution in [0.4, 0.5) is 0 Å². The summed E-state index contributed by atoms with van der Waals surface area (Å²) >= 11 is 0. The molecule has 0 heterocycles. The molecule has 0 amide bonds. The number of hydrogen-bond donors (Lipinski definition) is 1. The van der Waals surface area contributed by atoms with E-state index in [2.05, 4.69) is 52.4 Å². The van der Waals surface area contributed by atoms with Crippen LogP contribution in [0.15, 0.2) is 53.5 Å². The fraction of sp³-hybridized carbons (Fsp3) is 0.409. The maximum Gasteiger partial charge on any atom is 0.193 e. The second-order valence-corrected chi connectivity index (χ2v) is 6.85. The summed E-state index contributed by atoms with van der Waals surface area (Å²) in [5, 5.41) is 3.50. The van der Waals surface area contributed by atoms with Gasteiger partial charge < -0.3 is 24.6 Å². The van der Waals surface area contributed by atoms with E-state index in [1.807, 2.05) is 37.4 Å². The Kier molecular flexibility index (Phi) is 8.14. The van der Waals surface area contributed by atoms with Crippen molar-refractivity contribution in [1.82, 2.24) is 15.1 Å². The molecule has 0 saturated carbocycles. The van der Waals surface area contributed by atoms with E-state index in [1.165, 1.54) is 5.56 Å². The lowest BCUT2D eigenvalue weighted by atomic mass is 10.1. The minimum Gasteiger partial charge on any atom is -0.497 e. The summed E-state index contributed by atoms with van der Waals surface area (Å²) in [6, 6.07) is 16.4. The number of nitrogens with one attached hydrogen (secondary N) is 1. The quantitative estimate of drug-likeness (QED) is 0.560. The molecule has 1 N–H and O–H groups in total. The molecule has 1 atom stereocenters. The van der Waals surface area contributed by atoms with Crippen molar-refractivity contribution < 1.29 is 9.47 Å². The van der Waals surface area contributed by atoms with Gasteiger partial charge in [-0.05, 0) is 37.9 Å². The zero-order chi connectivity index (χ0) is 20.5. The molecule has 28 heavy (non-hydrogen) atoms. The van der Waals surface area contributed by atoms with Crippen molar-refractivity contribution in [2.75, 3.05) is 49.0 Å². The Labute approximate surface area is 168 Å². The van der Waals surface area contributed by atoms with Crippen molar-refractivity contribution in [3.8, 4) is 11.5 Å². The van der Waals surface area contributed by atoms with Gasteiger partial charge in [0.05, 0.1) is 20.3 Å². The summed E-state index contributed by atoms with van der Waals surface area (Å²) in [6.45, 7) is 1.43. The molecule has 0 aromatic heterocycles. The van der Waals surface area contributed by atoms with E-state index >= 15 is 0 Å². The van der Waals surface area contributed by atoms with Gasteiger partial charge in [-0.15, -0.1) is 0 Å². The van der Waals surface area contributed by atoms with Gasteiger partial charge in [-0.1, -0.05) is 30.3 Å². The molecule has 2 rings (SSSR count). The third kappa shape index (κ3) is 5.63. The minimum atomic E-state index is 0.187. The monoisotopic (exact) mass is 384 g/mol. The highest BCUT2D eigenvalue weighted by molar-refractivity contribution is 5.79. The van der Waals surface area contributed by atoms with Gasteiger partial charge in [-0.25, -0.2) is 0 Å². The molecule has 6 nitrogen and oxygen atoms in total. The Morgan fingerprint density at radius 3 is 2.43 bits per heavy atom. The van der Waals surface area contributed by atoms with Crippen LogP contribution in [0.25, 0.3) is 0 Å². The van der Waals surface area contributed by atoms with Gasteiger partial charge >= 0.3 is 0 Å². The predicted molar refractivity (Wildman–Crippen MR) is 115 cm³/mol. The molecule has 152 valence electrons. The third-order valence-corrected chi connectivity index (χ3v) is 4.73. The second kappa shape index (κ2) is 10.6. The van der Waals surface area contributed by atoms with E-state index in [4.69, 9.17) is 9.47 Å². The summed E-state index contributed by atoms with van der Waals surface area (Å²) in [4.78, 5) is 8.73. The Morgan fingerprint density at radius 2 is 1.79 bits per heavy atom. The lowest BCUT2D eigenvalue weighted by molar-refractivity contribution is 0.294. The molecular weight excluding hydrogens is 352 g/mol. The van der Waals surface area contributed by atoms with Crippen LogP contribution in [0.2, 0.25) is 0 Å². The average molecular weight is 385 g/mol. The van der Waals surface area contributed by atoms with Gasteiger partial charge in [0, 0.05) is 32.7 Å². The van der Waals surface area contributed by atoms with Crippen LogP contribution in [-0.2, 0) is 6.54 Å². The van der Waals surface area contributed by atoms with E-state index in [-0.39, 0.29) is 6.04 Å². The molecule has 0 aliphatic carbocycles. The van der Waals surface area contributed by atoms with Crippen LogP contribution in [-0.4, -0.2) is 64.7 Å². The van der Waals surface area contributed by atoms with Crippen LogP contribution in [0.5, 0.6) is 11.5 Å². The number of likely N-dealkylation sites (N-methyl/N-ethyl adjacent to an activating group) is 1. The van der Waals surface area contributed by atoms with Crippen LogP contribution in [0.3, 0.4) is 0 Å². The third-order valence-electron chi connectivity index (χ3n) is 4.73. The van der Waals surface area contributed by atoms with Crippen molar-refractivity contribution in [1.29, 1.82) is 0 Å². The van der Waals surface area contributed by atoms with Gasteiger partial charge in [-0.3, -0.25) is 4.99 Å². The van der Waals surface area contributed by atoms with Gasteiger partial charge in [0.1, 0.15) is 11.5 Å². The summed E-state index contributed by atoms with van der Waals surface area (Å²) in [5.41, 5.74) is 2.31. The first-order valence-corrected chi connectivity index (χ1v) is 9.34. The Bertz CT molecular complexity index is 777. The summed E-state index contributed by atoms with van der Waals surface area (Å²) in [7, 11) is 11.4. The van der Waals surface area contributed by atoms with Gasteiger partial charge in [0.2, 0.25) is 0 Å². The number of methoxy groups -OCH3 is 2. The van der Waals surface area contributed by atoms with Crippen molar-refractivity contribution in [3.05, 3.63) is 59.7 Å². The Morgan fingerprint density at radius 1 is 1.04 bits per heavy atom. The SMILES string of the molecule is CN=C(NCC(c1cccc(OC)c1)N(C)C)N(C)Cc1ccccc1OC. The summed E-state index contributed by atoms with van der Waals surface area (Å²) < 4.78 is 10.8. The highest BCUT2D eigenvalue weighted by Gasteiger charge is 2.17. The van der Waals surface area contributed by atoms with Crippen LogP contribution < -0.4 is 14.8 Å². The number of guanidine groups is 1. The number of benzene rings is 2. The van der Waals surface area contributed by atoms with E-state index in [0.29, 0.717) is 6.54 Å². The van der Waals surface area contributed by atoms with Gasteiger partial charge in [0.15, 0.2) is 5.96 Å². The average Bonchev–Trinajstić information content (AvgIpc) is 2.71. The van der Waals surface area contributed by atoms with Crippen molar-refractivity contribution in [2.45, 2.75) is 12.6 Å². The number of para-hydroxylation sites is 1. The lowest BCUT2D eigenvalue weighted by Gasteiger charge is -2.29. The summed E-state index contributed by atoms with van der Waals surface area (Å²) in [6.07, 6.45) is 0. The molecule has 2 aromatic rings. The minimum absolute atomic E-state index is 0.187. The zero-order valence-corrected chi connectivity index (χ0v) is 17.8. The van der Waals surface area contributed by atoms with Gasteiger partial charge in [0.25, 0.3) is 0 Å². The standard InChI is InChI=1S/C22H32N4O2/c1-23-22(26(4)16-18-10-7-8-13-21(18)28-6)24-15-20(25(2)3)17-11-9-12-19(14-17)27-5/h7-14,20H,15-16H2,1-6H3,(H,23,24). The first-order chi connectivity index (χ1) is 13.5. The Hall–Kier alpha value is -2.73. The maximum absolute atomic E-state index is 5.46. The number of hydrogen-bond acceptors (Lipinski definition) is 4. The van der Waals surface area contributed by atoms with Crippen LogP contribution in [0, 0.1) is 0 Å². The van der Waals surface area contributed by atoms with Crippen LogP contribution in [0.1, 0.15) is 17.2 Å². The first-order valence-electron chi connectivity index (χ1n) is 9.34. The molecule has 1 unspecified atom stereocenters. The lowest BCUT2D eigenvalue weighted by Crippen LogP contribution is -2.42. The molecule has 0 fully saturated rings. The molecule has 0 spiro atoms. The molecule has 0 bridgehead atoms. The van der Waals surface area contributed by atoms with Crippen molar-refractivity contribution >= 4 is 5.96 Å². The molecule has 0 aliphatic heterocycles. The van der Waals surface area contributed by atoms with Crippen molar-refractivity contribution in [3.63, 3.8) is 0 Å². The highest BCUT2D eigenvalue weighted by atomic mass is 16.5. The highest BCUT2D eigenvalue weighted by Crippen LogP contribution is 2.22. The van der Waals surface area contributed by atoms with E-state index in [9.17, 15) is 0 Å². The molecule has 0 aliphatic rings. The number of ether oxygens (including phenoxy) is 2. The molecule has 0 radical (unpaired) electrons. The Balaban J connectivity index is 2.08. The fourth-order valence-electron chi connectivity index (χ4n) is 3.18. The molecule has 2 aromatic carbocycles. The number of nitrogens with zero attached hydrogens (tertiary/aromatic N) is 3. The molecule has 6 heteroatoms. The smallest absolute Gasteiger partial charge is 0.193 e. The number of rotatable bonds is 8. The molecule has 0 saturated heterocycles. The fourth-order valence-corrected chi connectivity index (χ4v) is 3.18. The largest absolute Gasteiger partial charge is 0.497 e. The second-order valence-electron chi connectivity index (χ2n) is 6.85. The van der Waals surface area contributed by atoms with E-state index < -0.39 is 0 Å². The van der Waals surface area contributed by atoms with Gasteiger partial charge in [-0.2, -0.15) is 0 Å². The summed E-state index contributed by atoms with van der Waals surface area (Å²) in [5.74, 6) is 2.58. The zero-order valence-electron chi connectivity index (χ0n) is 17.8. The molecular formula is C22H32N4O2. The van der Waals surface area contributed by atoms with Crippen molar-refractivity contribution in [2.24, 2.45) is 4.99 Å². The topological polar surface area (TPSA) is 49.3 Å². The predicted octanol–water partition coefficient (Wildman–Crippen LogP) is 3.01. The maximum atomic E-state index is 5.46.